The Morgan fingerprint density at radius 1 is 1.40 bits per heavy atom. The van der Waals surface area contributed by atoms with Crippen molar-refractivity contribution in [1.29, 1.82) is 0 Å². The predicted molar refractivity (Wildman–Crippen MR) is 43.4 cm³/mol. The lowest BCUT2D eigenvalue weighted by atomic mass is 10.6. The summed E-state index contributed by atoms with van der Waals surface area (Å²) in [5.41, 5.74) is 0. The van der Waals surface area contributed by atoms with Crippen LogP contribution in [0, 0.1) is 0 Å². The molecule has 3 nitrogen and oxygen atoms in total. The Balaban J connectivity index is 2.67. The maximum Gasteiger partial charge on any atom is 0.224 e. The molecule has 0 aromatic carbocycles. The molecule has 0 amide bonds. The van der Waals surface area contributed by atoms with Crippen LogP contribution >= 0.6 is 15.9 Å². The lowest BCUT2D eigenvalue weighted by Crippen LogP contribution is -2.28. The first-order valence-corrected chi connectivity index (χ1v) is 5.58. The van der Waals surface area contributed by atoms with Crippen molar-refractivity contribution in [3.63, 3.8) is 0 Å². The van der Waals surface area contributed by atoms with E-state index in [1.807, 2.05) is 12.2 Å². The third-order valence-corrected chi connectivity index (χ3v) is 4.41. The molecule has 10 heavy (non-hydrogen) atoms. The number of rotatable bonds is 2. The molecular weight excluding hydrogens is 218 g/mol. The van der Waals surface area contributed by atoms with Gasteiger partial charge in [0.2, 0.25) is 10.0 Å². The van der Waals surface area contributed by atoms with Gasteiger partial charge >= 0.3 is 0 Å². The Kier molecular flexibility index (Phi) is 2.49. The zero-order chi connectivity index (χ0) is 7.61. The van der Waals surface area contributed by atoms with Gasteiger partial charge in [0, 0.05) is 13.1 Å². The Hall–Kier alpha value is 0.130. The van der Waals surface area contributed by atoms with E-state index in [0.717, 1.165) is 0 Å². The average Bonchev–Trinajstić information content (AvgIpc) is 2.38. The second-order valence-electron chi connectivity index (χ2n) is 2.01. The van der Waals surface area contributed by atoms with E-state index in [9.17, 15) is 8.42 Å². The van der Waals surface area contributed by atoms with Crippen LogP contribution in [0.2, 0.25) is 0 Å². The van der Waals surface area contributed by atoms with E-state index in [4.69, 9.17) is 0 Å². The van der Waals surface area contributed by atoms with Gasteiger partial charge in [0.05, 0.1) is 0 Å². The van der Waals surface area contributed by atoms with Gasteiger partial charge in [0.15, 0.2) is 0 Å². The minimum atomic E-state index is -3.01. The SMILES string of the molecule is O=S(=O)(CBr)N1CC=CC1. The molecule has 58 valence electrons. The monoisotopic (exact) mass is 225 g/mol. The van der Waals surface area contributed by atoms with Crippen LogP contribution in [0.15, 0.2) is 12.2 Å². The molecular formula is C5H8BrNO2S. The molecule has 5 heteroatoms. The summed E-state index contributed by atoms with van der Waals surface area (Å²) >= 11 is 2.92. The first-order chi connectivity index (χ1) is 4.67. The Labute approximate surface area is 68.9 Å². The lowest BCUT2D eigenvalue weighted by Gasteiger charge is -2.12. The van der Waals surface area contributed by atoms with E-state index < -0.39 is 10.0 Å². The van der Waals surface area contributed by atoms with Crippen molar-refractivity contribution < 1.29 is 8.42 Å². The standard InChI is InChI=1S/C5H8BrNO2S/c6-5-10(8,9)7-3-1-2-4-7/h1-2H,3-5H2. The van der Waals surface area contributed by atoms with Crippen LogP contribution in [0.5, 0.6) is 0 Å². The van der Waals surface area contributed by atoms with Gasteiger partial charge in [0.25, 0.3) is 0 Å². The molecule has 0 spiro atoms. The highest BCUT2D eigenvalue weighted by Crippen LogP contribution is 2.08. The number of halogens is 1. The molecule has 0 saturated heterocycles. The van der Waals surface area contributed by atoms with E-state index >= 15 is 0 Å². The Bertz CT molecular complexity index is 226. The van der Waals surface area contributed by atoms with E-state index in [1.54, 1.807) is 0 Å². The summed E-state index contributed by atoms with van der Waals surface area (Å²) in [6.45, 7) is 1.04. The number of nitrogens with zero attached hydrogens (tertiary/aromatic N) is 1. The first kappa shape index (κ1) is 8.23. The molecule has 0 radical (unpaired) electrons. The largest absolute Gasteiger partial charge is 0.224 e. The van der Waals surface area contributed by atoms with Crippen molar-refractivity contribution in [2.75, 3.05) is 17.8 Å². The molecule has 0 aliphatic carbocycles. The third kappa shape index (κ3) is 1.59. The Morgan fingerprint density at radius 2 is 1.90 bits per heavy atom. The predicted octanol–water partition coefficient (Wildman–Crippen LogP) is 0.540. The molecule has 0 aromatic rings. The summed E-state index contributed by atoms with van der Waals surface area (Å²) in [6.07, 6.45) is 3.69. The van der Waals surface area contributed by atoms with Crippen LogP contribution in [0.1, 0.15) is 0 Å². The van der Waals surface area contributed by atoms with Crippen molar-refractivity contribution in [2.45, 2.75) is 0 Å². The third-order valence-electron chi connectivity index (χ3n) is 1.32. The van der Waals surface area contributed by atoms with Crippen LogP contribution in [0.4, 0.5) is 0 Å². The first-order valence-electron chi connectivity index (χ1n) is 2.85. The molecule has 1 aliphatic heterocycles. The van der Waals surface area contributed by atoms with Crippen LogP contribution in [-0.4, -0.2) is 30.5 Å². The van der Waals surface area contributed by atoms with Crippen LogP contribution in [0.25, 0.3) is 0 Å². The highest BCUT2D eigenvalue weighted by molar-refractivity contribution is 9.10. The van der Waals surface area contributed by atoms with Crippen LogP contribution in [-0.2, 0) is 10.0 Å². The van der Waals surface area contributed by atoms with E-state index in [1.165, 1.54) is 4.31 Å². The average molecular weight is 226 g/mol. The van der Waals surface area contributed by atoms with Gasteiger partial charge in [-0.25, -0.2) is 8.42 Å². The molecule has 0 N–H and O–H groups in total. The summed E-state index contributed by atoms with van der Waals surface area (Å²) in [6, 6.07) is 0. The quantitative estimate of drug-likeness (QED) is 0.509. The maximum absolute atomic E-state index is 11.0. The zero-order valence-corrected chi connectivity index (χ0v) is 7.73. The van der Waals surface area contributed by atoms with Crippen molar-refractivity contribution in [2.24, 2.45) is 0 Å². The second-order valence-corrected chi connectivity index (χ2v) is 5.28. The molecule has 1 aliphatic rings. The van der Waals surface area contributed by atoms with Gasteiger partial charge in [-0.1, -0.05) is 28.1 Å². The summed E-state index contributed by atoms with van der Waals surface area (Å²) in [5.74, 6) is 0. The molecule has 0 bridgehead atoms. The van der Waals surface area contributed by atoms with Gasteiger partial charge < -0.3 is 0 Å². The summed E-state index contributed by atoms with van der Waals surface area (Å²) in [7, 11) is -3.01. The fourth-order valence-electron chi connectivity index (χ4n) is 0.755. The van der Waals surface area contributed by atoms with Gasteiger partial charge in [-0.2, -0.15) is 4.31 Å². The van der Waals surface area contributed by atoms with Crippen molar-refractivity contribution >= 4 is 26.0 Å². The van der Waals surface area contributed by atoms with E-state index in [2.05, 4.69) is 15.9 Å². The molecule has 1 heterocycles. The zero-order valence-electron chi connectivity index (χ0n) is 5.33. The van der Waals surface area contributed by atoms with Crippen LogP contribution in [0.3, 0.4) is 0 Å². The molecule has 0 aromatic heterocycles. The molecule has 0 unspecified atom stereocenters. The second kappa shape index (κ2) is 3.02. The molecule has 0 fully saturated rings. The maximum atomic E-state index is 11.0. The van der Waals surface area contributed by atoms with Crippen molar-refractivity contribution in [3.8, 4) is 0 Å². The summed E-state index contributed by atoms with van der Waals surface area (Å²) in [5, 5.41) is 0. The van der Waals surface area contributed by atoms with Crippen molar-refractivity contribution in [3.05, 3.63) is 12.2 Å². The van der Waals surface area contributed by atoms with E-state index in [0.29, 0.717) is 13.1 Å². The fourth-order valence-corrected chi connectivity index (χ4v) is 2.39. The number of sulfonamides is 1. The van der Waals surface area contributed by atoms with Gasteiger partial charge in [0.1, 0.15) is 4.66 Å². The minimum Gasteiger partial charge on any atom is -0.211 e. The van der Waals surface area contributed by atoms with Gasteiger partial charge in [-0.05, 0) is 0 Å². The molecule has 0 saturated carbocycles. The summed E-state index contributed by atoms with van der Waals surface area (Å²) in [4.78, 5) is 0. The topological polar surface area (TPSA) is 37.4 Å². The number of hydrogen-bond acceptors (Lipinski definition) is 2. The number of alkyl halides is 1. The summed E-state index contributed by atoms with van der Waals surface area (Å²) < 4.78 is 23.5. The highest BCUT2D eigenvalue weighted by Gasteiger charge is 2.20. The van der Waals surface area contributed by atoms with E-state index in [-0.39, 0.29) is 4.66 Å². The van der Waals surface area contributed by atoms with Gasteiger partial charge in [-0.15, -0.1) is 0 Å². The smallest absolute Gasteiger partial charge is 0.211 e. The fraction of sp³-hybridized carbons (Fsp3) is 0.600. The van der Waals surface area contributed by atoms with Crippen molar-refractivity contribution in [1.82, 2.24) is 4.31 Å². The lowest BCUT2D eigenvalue weighted by molar-refractivity contribution is 0.493. The highest BCUT2D eigenvalue weighted by atomic mass is 79.9. The van der Waals surface area contributed by atoms with Gasteiger partial charge in [-0.3, -0.25) is 0 Å². The Morgan fingerprint density at radius 3 is 2.30 bits per heavy atom. The minimum absolute atomic E-state index is 0.0156. The number of hydrogen-bond donors (Lipinski definition) is 0. The molecule has 0 atom stereocenters. The normalized spacial score (nSPS) is 20.1. The molecule has 1 rings (SSSR count). The van der Waals surface area contributed by atoms with Crippen LogP contribution < -0.4 is 0 Å².